The zero-order chi connectivity index (χ0) is 14.8. The lowest BCUT2D eigenvalue weighted by Crippen LogP contribution is -2.58. The molecule has 0 aliphatic heterocycles. The summed E-state index contributed by atoms with van der Waals surface area (Å²) in [7, 11) is 0. The molecule has 3 aliphatic rings. The standard InChI is InChI=1S/C15H13F3N2O/c16-15(17,18)10-1-2-11(13(21)3-10)12-7-20(8-19-12)14-4-9(5-14)6-14/h1-3,7-9,21H,4-6H2. The van der Waals surface area contributed by atoms with E-state index in [1.54, 1.807) is 6.33 Å². The molecule has 2 bridgehead atoms. The fraction of sp³-hybridized carbons (Fsp3) is 0.400. The molecule has 5 rings (SSSR count). The highest BCUT2D eigenvalue weighted by Crippen LogP contribution is 2.62. The fourth-order valence-electron chi connectivity index (χ4n) is 3.39. The van der Waals surface area contributed by atoms with Gasteiger partial charge in [0.2, 0.25) is 0 Å². The van der Waals surface area contributed by atoms with Crippen molar-refractivity contribution in [3.8, 4) is 17.0 Å². The molecule has 110 valence electrons. The topological polar surface area (TPSA) is 38.0 Å². The van der Waals surface area contributed by atoms with Gasteiger partial charge in [-0.15, -0.1) is 0 Å². The van der Waals surface area contributed by atoms with Crippen LogP contribution in [0.2, 0.25) is 0 Å². The third-order valence-corrected chi connectivity index (χ3v) is 4.74. The average Bonchev–Trinajstić information content (AvgIpc) is 2.72. The van der Waals surface area contributed by atoms with Crippen LogP contribution in [0.1, 0.15) is 24.8 Å². The average molecular weight is 294 g/mol. The second-order valence-electron chi connectivity index (χ2n) is 6.10. The SMILES string of the molecule is Oc1cc(C(F)(F)F)ccc1-c1cn(C23CC(C2)C3)cn1. The lowest BCUT2D eigenvalue weighted by atomic mass is 9.50. The molecular formula is C15H13F3N2O. The number of imidazole rings is 1. The minimum absolute atomic E-state index is 0.178. The summed E-state index contributed by atoms with van der Waals surface area (Å²) in [5, 5.41) is 9.85. The van der Waals surface area contributed by atoms with Gasteiger partial charge >= 0.3 is 6.18 Å². The molecule has 3 aliphatic carbocycles. The van der Waals surface area contributed by atoms with Crippen molar-refractivity contribution < 1.29 is 18.3 Å². The molecule has 6 heteroatoms. The highest BCUT2D eigenvalue weighted by molar-refractivity contribution is 5.67. The van der Waals surface area contributed by atoms with E-state index in [2.05, 4.69) is 4.98 Å². The van der Waals surface area contributed by atoms with Gasteiger partial charge in [0.05, 0.1) is 17.6 Å². The summed E-state index contributed by atoms with van der Waals surface area (Å²) in [4.78, 5) is 4.23. The van der Waals surface area contributed by atoms with Gasteiger partial charge in [-0.2, -0.15) is 13.2 Å². The quantitative estimate of drug-likeness (QED) is 0.915. The monoisotopic (exact) mass is 294 g/mol. The molecule has 1 aromatic heterocycles. The molecule has 1 heterocycles. The molecule has 1 N–H and O–H groups in total. The smallest absolute Gasteiger partial charge is 0.416 e. The van der Waals surface area contributed by atoms with Gasteiger partial charge in [0, 0.05) is 17.3 Å². The highest BCUT2D eigenvalue weighted by Gasteiger charge is 2.57. The molecule has 0 unspecified atom stereocenters. The number of phenols is 1. The van der Waals surface area contributed by atoms with Crippen molar-refractivity contribution in [2.45, 2.75) is 31.0 Å². The number of phenolic OH excluding ortho intramolecular Hbond substituents is 1. The van der Waals surface area contributed by atoms with Gasteiger partial charge in [-0.25, -0.2) is 4.98 Å². The molecule has 3 nitrogen and oxygen atoms in total. The first-order valence-corrected chi connectivity index (χ1v) is 6.82. The Labute approximate surface area is 119 Å². The van der Waals surface area contributed by atoms with E-state index in [9.17, 15) is 18.3 Å². The molecule has 0 amide bonds. The number of nitrogens with zero attached hydrogens (tertiary/aromatic N) is 2. The Hall–Kier alpha value is -1.98. The number of hydrogen-bond acceptors (Lipinski definition) is 2. The summed E-state index contributed by atoms with van der Waals surface area (Å²) in [5.41, 5.74) is 0.152. The van der Waals surface area contributed by atoms with Crippen LogP contribution in [-0.2, 0) is 11.7 Å². The Kier molecular flexibility index (Phi) is 2.31. The number of benzene rings is 1. The maximum absolute atomic E-state index is 12.6. The first-order valence-electron chi connectivity index (χ1n) is 6.82. The van der Waals surface area contributed by atoms with E-state index in [4.69, 9.17) is 0 Å². The van der Waals surface area contributed by atoms with Crippen molar-refractivity contribution in [1.82, 2.24) is 9.55 Å². The molecule has 2 aromatic rings. The Morgan fingerprint density at radius 3 is 2.48 bits per heavy atom. The van der Waals surface area contributed by atoms with E-state index in [1.807, 2.05) is 10.8 Å². The van der Waals surface area contributed by atoms with Gasteiger partial charge in [0.1, 0.15) is 5.75 Å². The molecule has 1 aromatic carbocycles. The van der Waals surface area contributed by atoms with Crippen molar-refractivity contribution in [1.29, 1.82) is 0 Å². The van der Waals surface area contributed by atoms with Crippen molar-refractivity contribution >= 4 is 0 Å². The van der Waals surface area contributed by atoms with Gasteiger partial charge < -0.3 is 9.67 Å². The largest absolute Gasteiger partial charge is 0.507 e. The second-order valence-corrected chi connectivity index (χ2v) is 6.10. The van der Waals surface area contributed by atoms with Gasteiger partial charge in [-0.1, -0.05) is 0 Å². The normalized spacial score (nSPS) is 27.1. The summed E-state index contributed by atoms with van der Waals surface area (Å²) in [6.45, 7) is 0. The Morgan fingerprint density at radius 2 is 1.95 bits per heavy atom. The zero-order valence-electron chi connectivity index (χ0n) is 11.1. The molecule has 21 heavy (non-hydrogen) atoms. The molecular weight excluding hydrogens is 281 g/mol. The Balaban J connectivity index is 1.67. The number of alkyl halides is 3. The van der Waals surface area contributed by atoms with E-state index in [-0.39, 0.29) is 5.54 Å². The van der Waals surface area contributed by atoms with Crippen LogP contribution in [0.25, 0.3) is 11.3 Å². The van der Waals surface area contributed by atoms with Gasteiger partial charge in [-0.3, -0.25) is 0 Å². The van der Waals surface area contributed by atoms with Crippen LogP contribution in [0.15, 0.2) is 30.7 Å². The third kappa shape index (κ3) is 1.78. The minimum Gasteiger partial charge on any atom is -0.507 e. The third-order valence-electron chi connectivity index (χ3n) is 4.74. The predicted molar refractivity (Wildman–Crippen MR) is 69.6 cm³/mol. The maximum atomic E-state index is 12.6. The van der Waals surface area contributed by atoms with Crippen molar-refractivity contribution in [2.75, 3.05) is 0 Å². The lowest BCUT2D eigenvalue weighted by molar-refractivity contribution is -0.137. The van der Waals surface area contributed by atoms with E-state index in [0.29, 0.717) is 11.3 Å². The maximum Gasteiger partial charge on any atom is 0.416 e. The fourth-order valence-corrected chi connectivity index (χ4v) is 3.39. The van der Waals surface area contributed by atoms with Crippen LogP contribution >= 0.6 is 0 Å². The molecule has 3 saturated carbocycles. The van der Waals surface area contributed by atoms with Gasteiger partial charge in [-0.05, 0) is 43.4 Å². The molecule has 0 saturated heterocycles. The molecule has 0 spiro atoms. The van der Waals surface area contributed by atoms with Crippen LogP contribution in [0.4, 0.5) is 13.2 Å². The van der Waals surface area contributed by atoms with Crippen LogP contribution in [0, 0.1) is 5.92 Å². The Bertz CT molecular complexity index is 703. The number of halogens is 3. The summed E-state index contributed by atoms with van der Waals surface area (Å²) >= 11 is 0. The van der Waals surface area contributed by atoms with Crippen molar-refractivity contribution in [3.63, 3.8) is 0 Å². The first kappa shape index (κ1) is 12.7. The van der Waals surface area contributed by atoms with E-state index in [0.717, 1.165) is 37.3 Å². The summed E-state index contributed by atoms with van der Waals surface area (Å²) in [6.07, 6.45) is 2.53. The summed E-state index contributed by atoms with van der Waals surface area (Å²) in [5.74, 6) is 0.433. The first-order chi connectivity index (χ1) is 9.87. The van der Waals surface area contributed by atoms with Crippen molar-refractivity contribution in [3.05, 3.63) is 36.3 Å². The van der Waals surface area contributed by atoms with Gasteiger partial charge in [0.25, 0.3) is 0 Å². The van der Waals surface area contributed by atoms with E-state index in [1.165, 1.54) is 6.07 Å². The van der Waals surface area contributed by atoms with E-state index < -0.39 is 17.5 Å². The molecule has 0 radical (unpaired) electrons. The number of aromatic hydroxyl groups is 1. The Morgan fingerprint density at radius 1 is 1.24 bits per heavy atom. The van der Waals surface area contributed by atoms with Crippen LogP contribution < -0.4 is 0 Å². The lowest BCUT2D eigenvalue weighted by Gasteiger charge is -2.62. The van der Waals surface area contributed by atoms with Crippen LogP contribution in [0.5, 0.6) is 5.75 Å². The van der Waals surface area contributed by atoms with E-state index >= 15 is 0 Å². The number of aromatic nitrogens is 2. The minimum atomic E-state index is -4.46. The van der Waals surface area contributed by atoms with Crippen molar-refractivity contribution in [2.24, 2.45) is 5.92 Å². The second kappa shape index (κ2) is 3.81. The highest BCUT2D eigenvalue weighted by atomic mass is 19.4. The van der Waals surface area contributed by atoms with Crippen LogP contribution in [-0.4, -0.2) is 14.7 Å². The molecule has 0 atom stereocenters. The van der Waals surface area contributed by atoms with Gasteiger partial charge in [0.15, 0.2) is 0 Å². The zero-order valence-corrected chi connectivity index (χ0v) is 11.1. The summed E-state index contributed by atoms with van der Waals surface area (Å²) in [6, 6.07) is 2.98. The van der Waals surface area contributed by atoms with Crippen LogP contribution in [0.3, 0.4) is 0 Å². The molecule has 3 fully saturated rings. The number of rotatable bonds is 2. The summed E-state index contributed by atoms with van der Waals surface area (Å²) < 4.78 is 39.8. The number of hydrogen-bond donors (Lipinski definition) is 1. The predicted octanol–water partition coefficient (Wildman–Crippen LogP) is 3.78.